The van der Waals surface area contributed by atoms with Crippen LogP contribution in [0.25, 0.3) is 5.69 Å². The largest absolute Gasteiger partial charge is 0.478 e. The third-order valence-electron chi connectivity index (χ3n) is 3.32. The monoisotopic (exact) mass is 306 g/mol. The lowest BCUT2D eigenvalue weighted by Gasteiger charge is -2.09. The molecule has 4 nitrogen and oxygen atoms in total. The van der Waals surface area contributed by atoms with Crippen molar-refractivity contribution in [3.8, 4) is 5.69 Å². The van der Waals surface area contributed by atoms with Crippen molar-refractivity contribution in [1.29, 1.82) is 0 Å². The van der Waals surface area contributed by atoms with Gasteiger partial charge in [-0.05, 0) is 25.0 Å². The Balaban J connectivity index is 2.67. The summed E-state index contributed by atoms with van der Waals surface area (Å²) in [6, 6.07) is 7.36. The fraction of sp³-hybridized carbons (Fsp3) is 0.375. The highest BCUT2D eigenvalue weighted by Crippen LogP contribution is 2.26. The molecule has 0 spiro atoms. The molecule has 0 aliphatic rings. The molecular weight excluding hydrogens is 288 g/mol. The molecule has 1 aromatic carbocycles. The number of nitrogens with zero attached hydrogens (tertiary/aromatic N) is 2. The zero-order valence-corrected chi connectivity index (χ0v) is 13.0. The van der Waals surface area contributed by atoms with Gasteiger partial charge in [0.1, 0.15) is 5.56 Å². The second-order valence-corrected chi connectivity index (χ2v) is 5.34. The summed E-state index contributed by atoms with van der Waals surface area (Å²) in [5.74, 6) is -0.916. The minimum absolute atomic E-state index is 0.332. The van der Waals surface area contributed by atoms with Gasteiger partial charge in [0, 0.05) is 0 Å². The summed E-state index contributed by atoms with van der Waals surface area (Å²) in [5.41, 5.74) is 2.42. The number of para-hydroxylation sites is 1. The van der Waals surface area contributed by atoms with Crippen molar-refractivity contribution in [1.82, 2.24) is 9.78 Å². The van der Waals surface area contributed by atoms with Crippen molar-refractivity contribution in [2.45, 2.75) is 39.5 Å². The molecule has 1 N–H and O–H groups in total. The summed E-state index contributed by atoms with van der Waals surface area (Å²) in [5, 5.41) is 14.6. The molecule has 112 valence electrons. The molecule has 0 saturated heterocycles. The summed E-state index contributed by atoms with van der Waals surface area (Å²) in [6.07, 6.45) is 3.01. The minimum Gasteiger partial charge on any atom is -0.478 e. The van der Waals surface area contributed by atoms with Crippen LogP contribution in [0.1, 0.15) is 48.4 Å². The third kappa shape index (κ3) is 3.10. The second kappa shape index (κ2) is 6.76. The van der Waals surface area contributed by atoms with Crippen LogP contribution in [0.2, 0.25) is 5.02 Å². The molecule has 0 saturated carbocycles. The molecule has 21 heavy (non-hydrogen) atoms. The maximum atomic E-state index is 11.6. The van der Waals surface area contributed by atoms with Crippen molar-refractivity contribution in [3.05, 3.63) is 46.2 Å². The molecule has 0 radical (unpaired) electrons. The summed E-state index contributed by atoms with van der Waals surface area (Å²) >= 11 is 6.24. The molecule has 0 atom stereocenters. The molecule has 1 aromatic heterocycles. The number of hydrogen-bond acceptors (Lipinski definition) is 2. The molecule has 5 heteroatoms. The minimum atomic E-state index is -0.916. The average molecular weight is 307 g/mol. The zero-order chi connectivity index (χ0) is 15.4. The molecule has 0 aliphatic carbocycles. The van der Waals surface area contributed by atoms with E-state index >= 15 is 0 Å². The number of carboxylic acid groups (broad SMARTS) is 1. The van der Waals surface area contributed by atoms with Crippen LogP contribution in [0.4, 0.5) is 0 Å². The zero-order valence-electron chi connectivity index (χ0n) is 12.3. The van der Waals surface area contributed by atoms with Crippen LogP contribution >= 0.6 is 11.6 Å². The lowest BCUT2D eigenvalue weighted by molar-refractivity contribution is 0.0694. The lowest BCUT2D eigenvalue weighted by Crippen LogP contribution is -2.07. The van der Waals surface area contributed by atoms with Gasteiger partial charge in [-0.1, -0.05) is 50.4 Å². The predicted octanol–water partition coefficient (Wildman–Crippen LogP) is 4.13. The van der Waals surface area contributed by atoms with Gasteiger partial charge in [-0.25, -0.2) is 9.48 Å². The van der Waals surface area contributed by atoms with E-state index < -0.39 is 5.97 Å². The number of aromatic carboxylic acids is 1. The van der Waals surface area contributed by atoms with Gasteiger partial charge in [0.15, 0.2) is 0 Å². The van der Waals surface area contributed by atoms with Crippen LogP contribution < -0.4 is 0 Å². The summed E-state index contributed by atoms with van der Waals surface area (Å²) in [4.78, 5) is 11.6. The van der Waals surface area contributed by atoms with E-state index in [4.69, 9.17) is 11.6 Å². The van der Waals surface area contributed by atoms with Gasteiger partial charge in [-0.15, -0.1) is 0 Å². The lowest BCUT2D eigenvalue weighted by atomic mass is 10.1. The quantitative estimate of drug-likeness (QED) is 0.873. The van der Waals surface area contributed by atoms with Crippen molar-refractivity contribution >= 4 is 17.6 Å². The van der Waals surface area contributed by atoms with Crippen LogP contribution in [-0.2, 0) is 12.8 Å². The van der Waals surface area contributed by atoms with E-state index in [1.165, 1.54) is 0 Å². The Morgan fingerprint density at radius 1 is 1.24 bits per heavy atom. The first-order chi connectivity index (χ1) is 10.1. The van der Waals surface area contributed by atoms with Gasteiger partial charge in [0.25, 0.3) is 0 Å². The van der Waals surface area contributed by atoms with E-state index in [1.807, 2.05) is 32.0 Å². The van der Waals surface area contributed by atoms with Gasteiger partial charge >= 0.3 is 5.97 Å². The Bertz CT molecular complexity index is 650. The maximum Gasteiger partial charge on any atom is 0.339 e. The van der Waals surface area contributed by atoms with Crippen LogP contribution in [0.3, 0.4) is 0 Å². The highest BCUT2D eigenvalue weighted by molar-refractivity contribution is 6.32. The topological polar surface area (TPSA) is 55.1 Å². The van der Waals surface area contributed by atoms with Gasteiger partial charge in [-0.3, -0.25) is 0 Å². The number of benzene rings is 1. The van der Waals surface area contributed by atoms with Crippen molar-refractivity contribution < 1.29 is 9.90 Å². The summed E-state index contributed by atoms with van der Waals surface area (Å²) in [6.45, 7) is 4.04. The third-order valence-corrected chi connectivity index (χ3v) is 3.64. The Kier molecular flexibility index (Phi) is 5.02. The average Bonchev–Trinajstić information content (AvgIpc) is 2.79. The molecule has 1 heterocycles. The Morgan fingerprint density at radius 2 is 1.90 bits per heavy atom. The summed E-state index contributed by atoms with van der Waals surface area (Å²) < 4.78 is 1.69. The van der Waals surface area contributed by atoms with Crippen LogP contribution in [0.5, 0.6) is 0 Å². The number of aromatic nitrogens is 2. The first-order valence-corrected chi connectivity index (χ1v) is 7.56. The van der Waals surface area contributed by atoms with Crippen molar-refractivity contribution in [3.63, 3.8) is 0 Å². The van der Waals surface area contributed by atoms with E-state index in [-0.39, 0.29) is 0 Å². The van der Waals surface area contributed by atoms with Crippen LogP contribution in [-0.4, -0.2) is 20.9 Å². The van der Waals surface area contributed by atoms with Gasteiger partial charge in [0.2, 0.25) is 0 Å². The van der Waals surface area contributed by atoms with E-state index in [1.54, 1.807) is 10.7 Å². The molecule has 2 aromatic rings. The Morgan fingerprint density at radius 3 is 2.48 bits per heavy atom. The number of rotatable bonds is 6. The first-order valence-electron chi connectivity index (χ1n) is 7.19. The van der Waals surface area contributed by atoms with Crippen molar-refractivity contribution in [2.24, 2.45) is 0 Å². The first kappa shape index (κ1) is 15.6. The number of carbonyl (C=O) groups is 1. The smallest absolute Gasteiger partial charge is 0.339 e. The second-order valence-electron chi connectivity index (χ2n) is 4.94. The van der Waals surface area contributed by atoms with E-state index in [0.717, 1.165) is 24.2 Å². The van der Waals surface area contributed by atoms with E-state index in [0.29, 0.717) is 29.1 Å². The predicted molar refractivity (Wildman–Crippen MR) is 83.5 cm³/mol. The van der Waals surface area contributed by atoms with Gasteiger partial charge < -0.3 is 5.11 Å². The highest BCUT2D eigenvalue weighted by Gasteiger charge is 2.23. The fourth-order valence-corrected chi connectivity index (χ4v) is 2.67. The van der Waals surface area contributed by atoms with Crippen LogP contribution in [0.15, 0.2) is 24.3 Å². The summed E-state index contributed by atoms with van der Waals surface area (Å²) in [7, 11) is 0. The molecule has 0 amide bonds. The molecule has 0 aliphatic heterocycles. The number of carboxylic acids is 1. The SMILES string of the molecule is CCCc1nn(-c2ccccc2Cl)c(CCC)c1C(=O)O. The van der Waals surface area contributed by atoms with Gasteiger partial charge in [-0.2, -0.15) is 5.10 Å². The van der Waals surface area contributed by atoms with E-state index in [9.17, 15) is 9.90 Å². The molecule has 0 bridgehead atoms. The number of hydrogen-bond donors (Lipinski definition) is 1. The standard InChI is InChI=1S/C16H19ClN2O2/c1-3-7-12-15(16(20)21)14(8-4-2)19(18-12)13-10-6-5-9-11(13)17/h5-6,9-10H,3-4,7-8H2,1-2H3,(H,20,21). The normalized spacial score (nSPS) is 10.8. The molecule has 2 rings (SSSR count). The Labute approximate surface area is 129 Å². The molecule has 0 unspecified atom stereocenters. The highest BCUT2D eigenvalue weighted by atomic mass is 35.5. The van der Waals surface area contributed by atoms with E-state index in [2.05, 4.69) is 5.10 Å². The maximum absolute atomic E-state index is 11.6. The van der Waals surface area contributed by atoms with Crippen LogP contribution in [0, 0.1) is 0 Å². The van der Waals surface area contributed by atoms with Gasteiger partial charge in [0.05, 0.1) is 22.1 Å². The molecule has 0 fully saturated rings. The van der Waals surface area contributed by atoms with Crippen molar-refractivity contribution in [2.75, 3.05) is 0 Å². The molecular formula is C16H19ClN2O2. The fourth-order valence-electron chi connectivity index (χ4n) is 2.45. The number of aryl methyl sites for hydroxylation is 1. The Hall–Kier alpha value is -1.81. The number of halogens is 1.